The molecule has 2 aliphatic heterocycles. The van der Waals surface area contributed by atoms with E-state index in [9.17, 15) is 0 Å². The third kappa shape index (κ3) is 9.75. The fourth-order valence-corrected chi connectivity index (χ4v) is 7.64. The highest BCUT2D eigenvalue weighted by Gasteiger charge is 2.36. The number of nitrogens with zero attached hydrogens (tertiary/aromatic N) is 2. The van der Waals surface area contributed by atoms with Gasteiger partial charge in [0.2, 0.25) is 0 Å². The van der Waals surface area contributed by atoms with Crippen LogP contribution in [0.4, 0.5) is 0 Å². The summed E-state index contributed by atoms with van der Waals surface area (Å²) < 4.78 is 2.45. The Hall–Kier alpha value is -1.64. The number of benzene rings is 2. The molecule has 39 heavy (non-hydrogen) atoms. The summed E-state index contributed by atoms with van der Waals surface area (Å²) in [5.74, 6) is 1.83. The number of quaternary nitrogens is 2. The van der Waals surface area contributed by atoms with Crippen LogP contribution < -0.4 is 0 Å². The van der Waals surface area contributed by atoms with Crippen LogP contribution in [0.1, 0.15) is 95.9 Å². The zero-order valence-electron chi connectivity index (χ0n) is 26.9. The van der Waals surface area contributed by atoms with Crippen LogP contribution in [0.2, 0.25) is 0 Å². The first-order valence-corrected chi connectivity index (χ1v) is 16.0. The Bertz CT molecular complexity index is 1030. The van der Waals surface area contributed by atoms with Crippen LogP contribution >= 0.6 is 0 Å². The SMILES string of the molecule is CC(C)(C)Cc1ccc(C[N+]2(C)CCC(CC3CCC[N+](C)(Cc4ccc(CC(C)(C)C)cc4)C3)CC2)cc1. The Morgan fingerprint density at radius 3 is 1.46 bits per heavy atom. The van der Waals surface area contributed by atoms with Gasteiger partial charge in [0.1, 0.15) is 13.1 Å². The molecule has 0 spiro atoms. The van der Waals surface area contributed by atoms with Gasteiger partial charge in [-0.2, -0.15) is 0 Å². The van der Waals surface area contributed by atoms with Crippen LogP contribution in [0.25, 0.3) is 0 Å². The Morgan fingerprint density at radius 1 is 0.564 bits per heavy atom. The number of hydrogen-bond acceptors (Lipinski definition) is 0. The molecule has 2 nitrogen and oxygen atoms in total. The van der Waals surface area contributed by atoms with Gasteiger partial charge < -0.3 is 8.97 Å². The molecule has 216 valence electrons. The topological polar surface area (TPSA) is 0 Å². The lowest BCUT2D eigenvalue weighted by Gasteiger charge is -2.44. The third-order valence-electron chi connectivity index (χ3n) is 9.47. The molecule has 2 saturated heterocycles. The normalized spacial score (nSPS) is 28.4. The number of hydrogen-bond donors (Lipinski definition) is 0. The summed E-state index contributed by atoms with van der Waals surface area (Å²) in [4.78, 5) is 0. The molecular formula is C37H60N2+2. The molecule has 4 rings (SSSR count). The highest BCUT2D eigenvalue weighted by molar-refractivity contribution is 5.23. The molecule has 2 aliphatic rings. The van der Waals surface area contributed by atoms with E-state index >= 15 is 0 Å². The Morgan fingerprint density at radius 2 is 1.00 bits per heavy atom. The first-order chi connectivity index (χ1) is 18.2. The van der Waals surface area contributed by atoms with Crippen LogP contribution in [0, 0.1) is 22.7 Å². The van der Waals surface area contributed by atoms with Crippen LogP contribution in [0.5, 0.6) is 0 Å². The van der Waals surface area contributed by atoms with Crippen molar-refractivity contribution in [3.05, 3.63) is 70.8 Å². The molecule has 2 aromatic rings. The van der Waals surface area contributed by atoms with E-state index in [0.29, 0.717) is 10.8 Å². The van der Waals surface area contributed by atoms with Crippen molar-refractivity contribution in [3.63, 3.8) is 0 Å². The van der Waals surface area contributed by atoms with Crippen molar-refractivity contribution in [2.45, 2.75) is 99.6 Å². The van der Waals surface area contributed by atoms with Gasteiger partial charge in [-0.15, -0.1) is 0 Å². The fourth-order valence-electron chi connectivity index (χ4n) is 7.64. The van der Waals surface area contributed by atoms with Crippen molar-refractivity contribution in [2.24, 2.45) is 22.7 Å². The van der Waals surface area contributed by atoms with Gasteiger partial charge in [-0.3, -0.25) is 0 Å². The second kappa shape index (κ2) is 12.1. The van der Waals surface area contributed by atoms with Gasteiger partial charge in [0.05, 0.1) is 40.3 Å². The van der Waals surface area contributed by atoms with Crippen molar-refractivity contribution < 1.29 is 8.97 Å². The van der Waals surface area contributed by atoms with Crippen molar-refractivity contribution in [2.75, 3.05) is 40.3 Å². The molecular weight excluding hydrogens is 472 g/mol. The summed E-state index contributed by atoms with van der Waals surface area (Å²) in [5.41, 5.74) is 6.70. The zero-order chi connectivity index (χ0) is 28.3. The van der Waals surface area contributed by atoms with Gasteiger partial charge in [0, 0.05) is 17.0 Å². The predicted molar refractivity (Wildman–Crippen MR) is 169 cm³/mol. The maximum Gasteiger partial charge on any atom is 0.104 e. The lowest BCUT2D eigenvalue weighted by atomic mass is 9.82. The molecule has 2 fully saturated rings. The first-order valence-electron chi connectivity index (χ1n) is 16.0. The summed E-state index contributed by atoms with van der Waals surface area (Å²) in [6.45, 7) is 21.8. The van der Waals surface area contributed by atoms with E-state index in [4.69, 9.17) is 0 Å². The molecule has 2 heterocycles. The lowest BCUT2D eigenvalue weighted by molar-refractivity contribution is -0.931. The highest BCUT2D eigenvalue weighted by atomic mass is 15.3. The Labute approximate surface area is 242 Å². The van der Waals surface area contributed by atoms with Crippen LogP contribution in [0.15, 0.2) is 48.5 Å². The quantitative estimate of drug-likeness (QED) is 0.298. The smallest absolute Gasteiger partial charge is 0.104 e. The number of rotatable bonds is 8. The Balaban J connectivity index is 1.25. The molecule has 2 atom stereocenters. The lowest BCUT2D eigenvalue weighted by Crippen LogP contribution is -2.51. The molecule has 0 aliphatic carbocycles. The Kier molecular flexibility index (Phi) is 9.39. The van der Waals surface area contributed by atoms with Crippen LogP contribution in [0.3, 0.4) is 0 Å². The summed E-state index contributed by atoms with van der Waals surface area (Å²) in [6, 6.07) is 19.1. The van der Waals surface area contributed by atoms with E-state index < -0.39 is 0 Å². The number of piperidine rings is 2. The van der Waals surface area contributed by atoms with Crippen LogP contribution in [-0.4, -0.2) is 49.2 Å². The van der Waals surface area contributed by atoms with Gasteiger partial charge in [0.25, 0.3) is 0 Å². The van der Waals surface area contributed by atoms with Gasteiger partial charge in [0.15, 0.2) is 0 Å². The average molecular weight is 533 g/mol. The summed E-state index contributed by atoms with van der Waals surface area (Å²) in [7, 11) is 5.03. The van der Waals surface area contributed by atoms with E-state index in [2.05, 4.69) is 104 Å². The molecule has 2 unspecified atom stereocenters. The van der Waals surface area contributed by atoms with Crippen molar-refractivity contribution in [3.8, 4) is 0 Å². The highest BCUT2D eigenvalue weighted by Crippen LogP contribution is 2.34. The van der Waals surface area contributed by atoms with Crippen molar-refractivity contribution >= 4 is 0 Å². The minimum Gasteiger partial charge on any atom is -0.322 e. The molecule has 0 bridgehead atoms. The maximum absolute atomic E-state index is 2.52. The second-order valence-electron chi connectivity index (χ2n) is 16.7. The standard InChI is InChI=1S/C37H60N2/c1-36(2,3)25-31-11-15-33(16-12-31)27-38(7)22-19-30(20-23-38)24-35-10-9-21-39(8,29-35)28-34-17-13-32(14-18-34)26-37(4,5)6/h11-18,30,35H,9-10,19-29H2,1-8H3/q+2. The van der Waals surface area contributed by atoms with Crippen molar-refractivity contribution in [1.29, 1.82) is 0 Å². The monoisotopic (exact) mass is 532 g/mol. The summed E-state index contributed by atoms with van der Waals surface area (Å²) in [5, 5.41) is 0. The second-order valence-corrected chi connectivity index (χ2v) is 16.7. The van der Waals surface area contributed by atoms with Gasteiger partial charge >= 0.3 is 0 Å². The summed E-state index contributed by atoms with van der Waals surface area (Å²) in [6.07, 6.45) is 9.44. The molecule has 0 amide bonds. The minimum absolute atomic E-state index is 0.354. The van der Waals surface area contributed by atoms with Gasteiger partial charge in [-0.1, -0.05) is 90.1 Å². The first kappa shape index (κ1) is 30.3. The molecule has 2 aromatic carbocycles. The zero-order valence-corrected chi connectivity index (χ0v) is 26.9. The van der Waals surface area contributed by atoms with E-state index in [-0.39, 0.29) is 0 Å². The predicted octanol–water partition coefficient (Wildman–Crippen LogP) is 8.67. The van der Waals surface area contributed by atoms with E-state index in [1.807, 2.05) is 0 Å². The summed E-state index contributed by atoms with van der Waals surface area (Å²) >= 11 is 0. The van der Waals surface area contributed by atoms with Crippen LogP contribution in [-0.2, 0) is 25.9 Å². The molecule has 2 heteroatoms. The number of likely N-dealkylation sites (tertiary alicyclic amines) is 2. The van der Waals surface area contributed by atoms with Gasteiger partial charge in [-0.05, 0) is 72.8 Å². The fraction of sp³-hybridized carbons (Fsp3) is 0.676. The largest absolute Gasteiger partial charge is 0.322 e. The minimum atomic E-state index is 0.354. The maximum atomic E-state index is 2.52. The molecule has 0 N–H and O–H groups in total. The van der Waals surface area contributed by atoms with E-state index in [1.165, 1.54) is 103 Å². The average Bonchev–Trinajstić information content (AvgIpc) is 2.81. The third-order valence-corrected chi connectivity index (χ3v) is 9.47. The molecule has 0 radical (unpaired) electrons. The van der Waals surface area contributed by atoms with Gasteiger partial charge in [-0.25, -0.2) is 0 Å². The molecule has 0 aromatic heterocycles. The van der Waals surface area contributed by atoms with Crippen molar-refractivity contribution in [1.82, 2.24) is 0 Å². The van der Waals surface area contributed by atoms with E-state index in [1.54, 1.807) is 0 Å². The molecule has 0 saturated carbocycles. The van der Waals surface area contributed by atoms with E-state index in [0.717, 1.165) is 24.7 Å².